The van der Waals surface area contributed by atoms with Crippen LogP contribution in [0.15, 0.2) is 42.7 Å². The molecule has 1 N–H and O–H groups in total. The number of piperidine rings is 1. The average Bonchev–Trinajstić information content (AvgIpc) is 2.60. The maximum Gasteiger partial charge on any atom is 0.159 e. The van der Waals surface area contributed by atoms with Crippen molar-refractivity contribution in [1.29, 1.82) is 0 Å². The van der Waals surface area contributed by atoms with E-state index in [1.54, 1.807) is 18.5 Å². The summed E-state index contributed by atoms with van der Waals surface area (Å²) in [4.78, 5) is 6.44. The van der Waals surface area contributed by atoms with Crippen molar-refractivity contribution in [3.8, 4) is 0 Å². The summed E-state index contributed by atoms with van der Waals surface area (Å²) in [7, 11) is 0. The molecule has 1 unspecified atom stereocenters. The number of hydrogen-bond acceptors (Lipinski definition) is 3. The van der Waals surface area contributed by atoms with Crippen molar-refractivity contribution in [3.05, 3.63) is 65.5 Å². The molecule has 5 heteroatoms. The maximum absolute atomic E-state index is 13.5. The Labute approximate surface area is 146 Å². The fourth-order valence-corrected chi connectivity index (χ4v) is 4.64. The molecule has 1 saturated carbocycles. The van der Waals surface area contributed by atoms with E-state index in [0.717, 1.165) is 43.5 Å². The summed E-state index contributed by atoms with van der Waals surface area (Å²) in [5, 5.41) is 11.5. The van der Waals surface area contributed by atoms with Gasteiger partial charge in [0.1, 0.15) is 0 Å². The van der Waals surface area contributed by atoms with Gasteiger partial charge < -0.3 is 5.11 Å². The molecule has 1 aliphatic heterocycles. The van der Waals surface area contributed by atoms with Gasteiger partial charge in [0.2, 0.25) is 0 Å². The Balaban J connectivity index is 1.56. The highest BCUT2D eigenvalue weighted by atomic mass is 19.2. The third-order valence-corrected chi connectivity index (χ3v) is 5.82. The quantitative estimate of drug-likeness (QED) is 0.926. The molecule has 2 fully saturated rings. The average molecular weight is 344 g/mol. The predicted molar refractivity (Wildman–Crippen MR) is 90.6 cm³/mol. The number of likely N-dealkylation sites (tertiary alicyclic amines) is 1. The number of aliphatic hydroxyl groups is 1. The molecule has 4 rings (SSSR count). The van der Waals surface area contributed by atoms with Crippen LogP contribution in [0.25, 0.3) is 0 Å². The lowest BCUT2D eigenvalue weighted by Crippen LogP contribution is -2.57. The van der Waals surface area contributed by atoms with E-state index in [4.69, 9.17) is 0 Å². The van der Waals surface area contributed by atoms with E-state index in [2.05, 4.69) is 9.88 Å². The molecule has 1 saturated heterocycles. The number of hydrogen-bond donors (Lipinski definition) is 1. The van der Waals surface area contributed by atoms with Crippen LogP contribution in [0.2, 0.25) is 0 Å². The van der Waals surface area contributed by atoms with E-state index in [0.29, 0.717) is 6.54 Å². The van der Waals surface area contributed by atoms with Crippen molar-refractivity contribution in [2.45, 2.75) is 31.4 Å². The van der Waals surface area contributed by atoms with Gasteiger partial charge in [0.05, 0.1) is 5.60 Å². The van der Waals surface area contributed by atoms with Gasteiger partial charge in [-0.05, 0) is 36.6 Å². The van der Waals surface area contributed by atoms with E-state index in [9.17, 15) is 13.9 Å². The van der Waals surface area contributed by atoms with Crippen LogP contribution in [-0.4, -0.2) is 28.1 Å². The molecule has 2 aromatic rings. The number of nitrogens with zero attached hydrogens (tertiary/aromatic N) is 2. The van der Waals surface area contributed by atoms with Gasteiger partial charge >= 0.3 is 0 Å². The topological polar surface area (TPSA) is 36.4 Å². The lowest BCUT2D eigenvalue weighted by atomic mass is 9.63. The SMILES string of the molecule is OC1(c2cccnc2)[C@@H]2CCC[C@H]1CN(Cc1ccc(F)c(F)c1)C2. The number of pyridine rings is 1. The summed E-state index contributed by atoms with van der Waals surface area (Å²) in [6.07, 6.45) is 6.56. The number of aromatic nitrogens is 1. The molecule has 3 atom stereocenters. The highest BCUT2D eigenvalue weighted by molar-refractivity contribution is 5.24. The van der Waals surface area contributed by atoms with E-state index >= 15 is 0 Å². The van der Waals surface area contributed by atoms with Crippen LogP contribution in [0.5, 0.6) is 0 Å². The zero-order valence-electron chi connectivity index (χ0n) is 14.0. The number of halogens is 2. The van der Waals surface area contributed by atoms with Gasteiger partial charge in [0.15, 0.2) is 11.6 Å². The molecule has 1 aromatic heterocycles. The predicted octanol–water partition coefficient (Wildman–Crippen LogP) is 3.48. The molecule has 0 radical (unpaired) electrons. The molecule has 2 aliphatic rings. The standard InChI is InChI=1S/C20H22F2N2O/c21-18-7-6-14(9-19(18)22)11-24-12-16-3-1-4-17(13-24)20(16,25)15-5-2-8-23-10-15/h2,5-10,16-17,25H,1,3-4,11-13H2/t16-,17+,20?. The van der Waals surface area contributed by atoms with Crippen molar-refractivity contribution >= 4 is 0 Å². The number of fused-ring (bicyclic) bond motifs is 2. The van der Waals surface area contributed by atoms with Gasteiger partial charge in [0, 0.05) is 49.4 Å². The highest BCUT2D eigenvalue weighted by Gasteiger charge is 2.51. The second kappa shape index (κ2) is 6.46. The summed E-state index contributed by atoms with van der Waals surface area (Å²) in [5.74, 6) is -1.35. The largest absolute Gasteiger partial charge is 0.384 e. The smallest absolute Gasteiger partial charge is 0.159 e. The maximum atomic E-state index is 13.5. The summed E-state index contributed by atoms with van der Waals surface area (Å²) in [6.45, 7) is 2.08. The molecule has 1 aromatic carbocycles. The summed E-state index contributed by atoms with van der Waals surface area (Å²) < 4.78 is 26.6. The van der Waals surface area contributed by atoms with Gasteiger partial charge in [0.25, 0.3) is 0 Å². The molecule has 2 bridgehead atoms. The van der Waals surface area contributed by atoms with Crippen LogP contribution >= 0.6 is 0 Å². The molecule has 0 spiro atoms. The lowest BCUT2D eigenvalue weighted by Gasteiger charge is -2.53. The fraction of sp³-hybridized carbons (Fsp3) is 0.450. The Morgan fingerprint density at radius 1 is 1.12 bits per heavy atom. The van der Waals surface area contributed by atoms with Crippen LogP contribution in [0, 0.1) is 23.5 Å². The zero-order valence-corrected chi connectivity index (χ0v) is 14.0. The van der Waals surface area contributed by atoms with Crippen molar-refractivity contribution < 1.29 is 13.9 Å². The van der Waals surface area contributed by atoms with Crippen molar-refractivity contribution in [2.75, 3.05) is 13.1 Å². The van der Waals surface area contributed by atoms with Crippen LogP contribution in [0.3, 0.4) is 0 Å². The minimum absolute atomic E-state index is 0.134. The van der Waals surface area contributed by atoms with E-state index < -0.39 is 17.2 Å². The first-order chi connectivity index (χ1) is 12.1. The van der Waals surface area contributed by atoms with E-state index in [1.807, 2.05) is 12.1 Å². The molecule has 3 nitrogen and oxygen atoms in total. The molecule has 0 amide bonds. The first kappa shape index (κ1) is 16.6. The summed E-state index contributed by atoms with van der Waals surface area (Å²) in [6, 6.07) is 7.92. The summed E-state index contributed by atoms with van der Waals surface area (Å²) in [5.41, 5.74) is 0.831. The Morgan fingerprint density at radius 3 is 2.52 bits per heavy atom. The molecule has 1 aliphatic carbocycles. The van der Waals surface area contributed by atoms with Crippen LogP contribution in [0.1, 0.15) is 30.4 Å². The van der Waals surface area contributed by atoms with E-state index in [1.165, 1.54) is 12.1 Å². The normalized spacial score (nSPS) is 29.6. The monoisotopic (exact) mass is 344 g/mol. The van der Waals surface area contributed by atoms with Crippen LogP contribution in [0.4, 0.5) is 8.78 Å². The fourth-order valence-electron chi connectivity index (χ4n) is 4.64. The van der Waals surface area contributed by atoms with Crippen LogP contribution in [-0.2, 0) is 12.1 Å². The first-order valence-corrected chi connectivity index (χ1v) is 8.86. The van der Waals surface area contributed by atoms with Gasteiger partial charge in [-0.15, -0.1) is 0 Å². The Kier molecular flexibility index (Phi) is 4.29. The minimum atomic E-state index is -0.836. The molecule has 2 heterocycles. The van der Waals surface area contributed by atoms with Gasteiger partial charge in [-0.2, -0.15) is 0 Å². The Bertz CT molecular complexity index is 739. The first-order valence-electron chi connectivity index (χ1n) is 8.86. The Morgan fingerprint density at radius 2 is 1.88 bits per heavy atom. The van der Waals surface area contributed by atoms with Crippen molar-refractivity contribution in [2.24, 2.45) is 11.8 Å². The third kappa shape index (κ3) is 2.96. The number of rotatable bonds is 3. The molecule has 132 valence electrons. The van der Waals surface area contributed by atoms with Gasteiger partial charge in [-0.1, -0.05) is 18.6 Å². The zero-order chi connectivity index (χ0) is 17.4. The van der Waals surface area contributed by atoms with E-state index in [-0.39, 0.29) is 11.8 Å². The Hall–Kier alpha value is -1.85. The second-order valence-corrected chi connectivity index (χ2v) is 7.33. The van der Waals surface area contributed by atoms with Crippen LogP contribution < -0.4 is 0 Å². The number of benzene rings is 1. The molecule has 25 heavy (non-hydrogen) atoms. The molecular formula is C20H22F2N2O. The van der Waals surface area contributed by atoms with Gasteiger partial charge in [-0.3, -0.25) is 9.88 Å². The summed E-state index contributed by atoms with van der Waals surface area (Å²) >= 11 is 0. The second-order valence-electron chi connectivity index (χ2n) is 7.33. The molecular weight excluding hydrogens is 322 g/mol. The van der Waals surface area contributed by atoms with Crippen molar-refractivity contribution in [3.63, 3.8) is 0 Å². The van der Waals surface area contributed by atoms with Crippen molar-refractivity contribution in [1.82, 2.24) is 9.88 Å². The minimum Gasteiger partial charge on any atom is -0.384 e. The lowest BCUT2D eigenvalue weighted by molar-refractivity contribution is -0.148. The van der Waals surface area contributed by atoms with Gasteiger partial charge in [-0.25, -0.2) is 8.78 Å². The highest BCUT2D eigenvalue weighted by Crippen LogP contribution is 2.49. The third-order valence-electron chi connectivity index (χ3n) is 5.82.